The largest absolute Gasteiger partial charge is 0.309 e. The van der Waals surface area contributed by atoms with Gasteiger partial charge in [-0.05, 0) is 54.0 Å². The third kappa shape index (κ3) is 5.56. The van der Waals surface area contributed by atoms with E-state index < -0.39 is 0 Å². The van der Waals surface area contributed by atoms with Crippen LogP contribution < -0.4 is 0 Å². The van der Waals surface area contributed by atoms with Gasteiger partial charge in [0.15, 0.2) is 0 Å². The molecule has 2 heteroatoms. The van der Waals surface area contributed by atoms with Gasteiger partial charge in [-0.25, -0.2) is 0 Å². The van der Waals surface area contributed by atoms with Crippen molar-refractivity contribution in [2.75, 3.05) is 34.7 Å². The molecule has 0 amide bonds. The van der Waals surface area contributed by atoms with E-state index >= 15 is 0 Å². The predicted octanol–water partition coefficient (Wildman–Crippen LogP) is 1.67. The molecule has 0 spiro atoms. The fourth-order valence-corrected chi connectivity index (χ4v) is 1.47. The molecule has 0 saturated heterocycles. The smallest absolute Gasteiger partial charge is 0.00870 e. The van der Waals surface area contributed by atoms with Gasteiger partial charge in [0.1, 0.15) is 0 Å². The molecule has 0 heterocycles. The normalized spacial score (nSPS) is 14.2. The molecule has 0 aliphatic heterocycles. The van der Waals surface area contributed by atoms with Crippen LogP contribution in [0.5, 0.6) is 0 Å². The summed E-state index contributed by atoms with van der Waals surface area (Å²) in [5, 5.41) is 0. The minimum atomic E-state index is 0.768. The van der Waals surface area contributed by atoms with Crippen LogP contribution in [0.2, 0.25) is 0 Å². The summed E-state index contributed by atoms with van der Waals surface area (Å²) in [5.41, 5.74) is 0. The van der Waals surface area contributed by atoms with Crippen LogP contribution in [0.25, 0.3) is 0 Å². The summed E-state index contributed by atoms with van der Waals surface area (Å²) in [7, 11) is 8.61. The second-order valence-electron chi connectivity index (χ2n) is 3.97. The van der Waals surface area contributed by atoms with E-state index in [1.807, 2.05) is 0 Å². The van der Waals surface area contributed by atoms with E-state index in [1.165, 1.54) is 25.8 Å². The lowest BCUT2D eigenvalue weighted by molar-refractivity contribution is 0.256. The van der Waals surface area contributed by atoms with Crippen molar-refractivity contribution in [2.24, 2.45) is 0 Å². The quantitative estimate of drug-likeness (QED) is 0.601. The van der Waals surface area contributed by atoms with Crippen LogP contribution in [0.15, 0.2) is 0 Å². The van der Waals surface area contributed by atoms with Crippen LogP contribution in [0.1, 0.15) is 26.2 Å². The zero-order valence-corrected chi connectivity index (χ0v) is 9.30. The molecule has 0 aromatic heterocycles. The summed E-state index contributed by atoms with van der Waals surface area (Å²) in [4.78, 5) is 4.58. The first-order valence-electron chi connectivity index (χ1n) is 4.89. The van der Waals surface area contributed by atoms with Crippen LogP contribution in [0.3, 0.4) is 0 Å². The third-order valence-electron chi connectivity index (χ3n) is 2.34. The lowest BCUT2D eigenvalue weighted by Gasteiger charge is -2.23. The maximum atomic E-state index is 2.33. The Balaban J connectivity index is 3.45. The van der Waals surface area contributed by atoms with Gasteiger partial charge >= 0.3 is 0 Å². The summed E-state index contributed by atoms with van der Waals surface area (Å²) < 4.78 is 0. The van der Waals surface area contributed by atoms with Crippen LogP contribution in [0.4, 0.5) is 0 Å². The predicted molar refractivity (Wildman–Crippen MR) is 55.6 cm³/mol. The summed E-state index contributed by atoms with van der Waals surface area (Å²) >= 11 is 0. The SMILES string of the molecule is CCC(CCCN(C)C)N(C)C. The first-order chi connectivity index (χ1) is 5.57. The molecule has 0 fully saturated rings. The molecular weight excluding hydrogens is 148 g/mol. The molecule has 1 atom stereocenters. The van der Waals surface area contributed by atoms with Gasteiger partial charge in [-0.15, -0.1) is 0 Å². The van der Waals surface area contributed by atoms with Gasteiger partial charge in [-0.1, -0.05) is 6.92 Å². The van der Waals surface area contributed by atoms with Crippen LogP contribution in [-0.2, 0) is 0 Å². The van der Waals surface area contributed by atoms with Crippen LogP contribution >= 0.6 is 0 Å². The maximum absolute atomic E-state index is 2.33. The van der Waals surface area contributed by atoms with Crippen molar-refractivity contribution < 1.29 is 0 Å². The molecule has 0 radical (unpaired) electrons. The van der Waals surface area contributed by atoms with Crippen LogP contribution in [-0.4, -0.2) is 50.6 Å². The molecule has 0 rings (SSSR count). The molecular formula is C10H24N2. The number of rotatable bonds is 6. The Bertz CT molecular complexity index is 100. The molecule has 0 aromatic carbocycles. The number of hydrogen-bond donors (Lipinski definition) is 0. The van der Waals surface area contributed by atoms with Gasteiger partial charge in [-0.2, -0.15) is 0 Å². The van der Waals surface area contributed by atoms with E-state index in [9.17, 15) is 0 Å². The molecule has 0 aromatic rings. The van der Waals surface area contributed by atoms with Crippen molar-refractivity contribution >= 4 is 0 Å². The lowest BCUT2D eigenvalue weighted by Crippen LogP contribution is -2.28. The Morgan fingerprint density at radius 2 is 1.67 bits per heavy atom. The molecule has 0 aliphatic rings. The van der Waals surface area contributed by atoms with Gasteiger partial charge < -0.3 is 9.80 Å². The molecule has 0 saturated carbocycles. The van der Waals surface area contributed by atoms with Crippen molar-refractivity contribution in [1.82, 2.24) is 9.80 Å². The minimum Gasteiger partial charge on any atom is -0.309 e. The van der Waals surface area contributed by atoms with E-state index in [0.29, 0.717) is 0 Å². The summed E-state index contributed by atoms with van der Waals surface area (Å²) in [5.74, 6) is 0. The summed E-state index contributed by atoms with van der Waals surface area (Å²) in [6, 6.07) is 0.768. The van der Waals surface area contributed by atoms with E-state index in [4.69, 9.17) is 0 Å². The van der Waals surface area contributed by atoms with E-state index in [1.54, 1.807) is 0 Å². The van der Waals surface area contributed by atoms with E-state index in [2.05, 4.69) is 44.9 Å². The standard InChI is InChI=1S/C10H24N2/c1-6-10(12(4)5)8-7-9-11(2)3/h10H,6-9H2,1-5H3. The second kappa shape index (κ2) is 6.44. The Labute approximate surface area is 77.5 Å². The topological polar surface area (TPSA) is 6.48 Å². The summed E-state index contributed by atoms with van der Waals surface area (Å²) in [6.45, 7) is 3.48. The maximum Gasteiger partial charge on any atom is 0.00870 e. The highest BCUT2D eigenvalue weighted by Crippen LogP contribution is 2.07. The molecule has 2 nitrogen and oxygen atoms in total. The second-order valence-corrected chi connectivity index (χ2v) is 3.97. The van der Waals surface area contributed by atoms with Crippen molar-refractivity contribution in [3.05, 3.63) is 0 Å². The average molecular weight is 172 g/mol. The van der Waals surface area contributed by atoms with Crippen molar-refractivity contribution in [1.29, 1.82) is 0 Å². The average Bonchev–Trinajstić information content (AvgIpc) is 1.96. The zero-order valence-electron chi connectivity index (χ0n) is 9.30. The van der Waals surface area contributed by atoms with Crippen molar-refractivity contribution in [3.63, 3.8) is 0 Å². The molecule has 74 valence electrons. The monoisotopic (exact) mass is 172 g/mol. The number of nitrogens with zero attached hydrogens (tertiary/aromatic N) is 2. The van der Waals surface area contributed by atoms with Gasteiger partial charge in [0.25, 0.3) is 0 Å². The lowest BCUT2D eigenvalue weighted by atomic mass is 10.1. The van der Waals surface area contributed by atoms with Gasteiger partial charge in [0.2, 0.25) is 0 Å². The van der Waals surface area contributed by atoms with Crippen LogP contribution in [0, 0.1) is 0 Å². The molecule has 12 heavy (non-hydrogen) atoms. The fourth-order valence-electron chi connectivity index (χ4n) is 1.47. The van der Waals surface area contributed by atoms with Gasteiger partial charge in [0.05, 0.1) is 0 Å². The summed E-state index contributed by atoms with van der Waals surface area (Å²) in [6.07, 6.45) is 3.89. The van der Waals surface area contributed by atoms with Gasteiger partial charge in [-0.3, -0.25) is 0 Å². The highest BCUT2D eigenvalue weighted by atomic mass is 15.1. The molecule has 0 N–H and O–H groups in total. The first-order valence-corrected chi connectivity index (χ1v) is 4.89. The highest BCUT2D eigenvalue weighted by molar-refractivity contribution is 4.64. The molecule has 0 bridgehead atoms. The van der Waals surface area contributed by atoms with Crippen molar-refractivity contribution in [3.8, 4) is 0 Å². The first kappa shape index (κ1) is 11.9. The minimum absolute atomic E-state index is 0.768. The van der Waals surface area contributed by atoms with E-state index in [-0.39, 0.29) is 0 Å². The van der Waals surface area contributed by atoms with Crippen molar-refractivity contribution in [2.45, 2.75) is 32.2 Å². The van der Waals surface area contributed by atoms with E-state index in [0.717, 1.165) is 6.04 Å². The zero-order chi connectivity index (χ0) is 9.56. The molecule has 1 unspecified atom stereocenters. The fraction of sp³-hybridized carbons (Fsp3) is 1.00. The number of hydrogen-bond acceptors (Lipinski definition) is 2. The molecule has 0 aliphatic carbocycles. The third-order valence-corrected chi connectivity index (χ3v) is 2.34. The highest BCUT2D eigenvalue weighted by Gasteiger charge is 2.07. The Morgan fingerprint density at radius 1 is 1.08 bits per heavy atom. The Hall–Kier alpha value is -0.0800. The Kier molecular flexibility index (Phi) is 6.39. The van der Waals surface area contributed by atoms with Gasteiger partial charge in [0, 0.05) is 6.04 Å². The Morgan fingerprint density at radius 3 is 2.00 bits per heavy atom.